The minimum Gasteiger partial charge on any atom is -0.481 e. The van der Waals surface area contributed by atoms with Crippen molar-refractivity contribution in [2.75, 3.05) is 13.1 Å². The second-order valence-electron chi connectivity index (χ2n) is 4.42. The van der Waals surface area contributed by atoms with Gasteiger partial charge in [0.25, 0.3) is 0 Å². The third kappa shape index (κ3) is 4.27. The number of carboxylic acids is 1. The molecular formula is C12H20N4O3. The fourth-order valence-electron chi connectivity index (χ4n) is 1.62. The van der Waals surface area contributed by atoms with Crippen LogP contribution < -0.4 is 5.32 Å². The molecule has 0 aliphatic heterocycles. The monoisotopic (exact) mass is 268 g/mol. The Morgan fingerprint density at radius 3 is 2.68 bits per heavy atom. The third-order valence-electron chi connectivity index (χ3n) is 2.85. The van der Waals surface area contributed by atoms with Crippen LogP contribution >= 0.6 is 0 Å². The van der Waals surface area contributed by atoms with Crippen molar-refractivity contribution in [1.29, 1.82) is 0 Å². The van der Waals surface area contributed by atoms with Crippen molar-refractivity contribution >= 4 is 12.0 Å². The third-order valence-corrected chi connectivity index (χ3v) is 2.85. The molecule has 1 aromatic rings. The predicted octanol–water partition coefficient (Wildman–Crippen LogP) is 1.22. The number of carbonyl (C=O) groups excluding carboxylic acids is 1. The highest BCUT2D eigenvalue weighted by Gasteiger charge is 2.21. The van der Waals surface area contributed by atoms with Crippen LogP contribution in [0.3, 0.4) is 0 Å². The van der Waals surface area contributed by atoms with E-state index in [1.54, 1.807) is 19.3 Å². The summed E-state index contributed by atoms with van der Waals surface area (Å²) in [4.78, 5) is 31.3. The van der Waals surface area contributed by atoms with Gasteiger partial charge in [0.1, 0.15) is 5.82 Å². The van der Waals surface area contributed by atoms with Gasteiger partial charge < -0.3 is 20.3 Å². The molecule has 0 fully saturated rings. The largest absolute Gasteiger partial charge is 0.481 e. The fourth-order valence-corrected chi connectivity index (χ4v) is 1.62. The van der Waals surface area contributed by atoms with Crippen LogP contribution in [0.5, 0.6) is 0 Å². The van der Waals surface area contributed by atoms with Crippen LogP contribution in [0.1, 0.15) is 32.6 Å². The number of imidazole rings is 1. The zero-order valence-electron chi connectivity index (χ0n) is 11.4. The van der Waals surface area contributed by atoms with Crippen LogP contribution in [0.2, 0.25) is 0 Å². The number of rotatable bonds is 6. The normalized spacial score (nSPS) is 13.6. The van der Waals surface area contributed by atoms with Crippen molar-refractivity contribution in [2.45, 2.75) is 26.8 Å². The first-order chi connectivity index (χ1) is 8.95. The van der Waals surface area contributed by atoms with Gasteiger partial charge in [-0.25, -0.2) is 9.78 Å². The molecule has 0 spiro atoms. The maximum atomic E-state index is 12.0. The zero-order valence-corrected chi connectivity index (χ0v) is 11.4. The number of aromatic amines is 1. The van der Waals surface area contributed by atoms with Gasteiger partial charge in [-0.2, -0.15) is 0 Å². The van der Waals surface area contributed by atoms with Crippen LogP contribution in [0, 0.1) is 5.92 Å². The van der Waals surface area contributed by atoms with Crippen molar-refractivity contribution in [1.82, 2.24) is 20.2 Å². The second-order valence-corrected chi connectivity index (χ2v) is 4.42. The zero-order chi connectivity index (χ0) is 14.4. The maximum Gasteiger partial charge on any atom is 0.317 e. The first-order valence-corrected chi connectivity index (χ1v) is 6.23. The average Bonchev–Trinajstić information content (AvgIpc) is 2.88. The topological polar surface area (TPSA) is 98.3 Å². The molecule has 0 aliphatic carbocycles. The van der Waals surface area contributed by atoms with Gasteiger partial charge >= 0.3 is 12.0 Å². The van der Waals surface area contributed by atoms with Gasteiger partial charge in [0.05, 0.1) is 12.0 Å². The maximum absolute atomic E-state index is 12.0. The molecule has 0 aromatic carbocycles. The number of aromatic nitrogens is 2. The van der Waals surface area contributed by atoms with Crippen LogP contribution in [-0.4, -0.2) is 45.1 Å². The van der Waals surface area contributed by atoms with E-state index in [2.05, 4.69) is 15.3 Å². The molecule has 2 atom stereocenters. The lowest BCUT2D eigenvalue weighted by molar-refractivity contribution is -0.141. The summed E-state index contributed by atoms with van der Waals surface area (Å²) < 4.78 is 0. The summed E-state index contributed by atoms with van der Waals surface area (Å²) in [7, 11) is 0. The Morgan fingerprint density at radius 2 is 2.21 bits per heavy atom. The summed E-state index contributed by atoms with van der Waals surface area (Å²) >= 11 is 0. The van der Waals surface area contributed by atoms with E-state index in [1.165, 1.54) is 4.90 Å². The Balaban J connectivity index is 2.56. The first kappa shape index (κ1) is 15.0. The predicted molar refractivity (Wildman–Crippen MR) is 69.6 cm³/mol. The lowest BCUT2D eigenvalue weighted by atomic mass is 10.2. The molecule has 7 heteroatoms. The molecular weight excluding hydrogens is 248 g/mol. The fraction of sp³-hybridized carbons (Fsp3) is 0.583. The number of H-pyrrole nitrogens is 1. The summed E-state index contributed by atoms with van der Waals surface area (Å²) in [5.41, 5.74) is 0. The van der Waals surface area contributed by atoms with Crippen molar-refractivity contribution < 1.29 is 14.7 Å². The van der Waals surface area contributed by atoms with Gasteiger partial charge in [-0.1, -0.05) is 6.92 Å². The Hall–Kier alpha value is -2.05. The van der Waals surface area contributed by atoms with Gasteiger partial charge in [-0.3, -0.25) is 4.79 Å². The van der Waals surface area contributed by atoms with Crippen molar-refractivity contribution in [3.05, 3.63) is 18.2 Å². The Bertz CT molecular complexity index is 419. The van der Waals surface area contributed by atoms with Crippen LogP contribution in [0.25, 0.3) is 0 Å². The second kappa shape index (κ2) is 6.77. The van der Waals surface area contributed by atoms with Gasteiger partial charge in [0, 0.05) is 25.5 Å². The van der Waals surface area contributed by atoms with Crippen molar-refractivity contribution in [3.63, 3.8) is 0 Å². The Kier molecular flexibility index (Phi) is 5.35. The quantitative estimate of drug-likeness (QED) is 0.722. The highest BCUT2D eigenvalue weighted by atomic mass is 16.4. The average molecular weight is 268 g/mol. The van der Waals surface area contributed by atoms with Gasteiger partial charge in [0.15, 0.2) is 0 Å². The number of aliphatic carboxylic acids is 1. The number of nitrogens with zero attached hydrogens (tertiary/aromatic N) is 2. The smallest absolute Gasteiger partial charge is 0.317 e. The summed E-state index contributed by atoms with van der Waals surface area (Å²) in [6.07, 6.45) is 3.30. The summed E-state index contributed by atoms with van der Waals surface area (Å²) in [6, 6.07) is -0.545. The number of urea groups is 1. The molecule has 0 saturated carbocycles. The molecule has 7 nitrogen and oxygen atoms in total. The van der Waals surface area contributed by atoms with E-state index >= 15 is 0 Å². The number of nitrogens with one attached hydrogen (secondary N) is 2. The van der Waals surface area contributed by atoms with Crippen LogP contribution in [0.4, 0.5) is 4.79 Å². The number of amides is 2. The van der Waals surface area contributed by atoms with E-state index < -0.39 is 11.9 Å². The number of carbonyl (C=O) groups is 2. The van der Waals surface area contributed by atoms with Crippen molar-refractivity contribution in [3.8, 4) is 0 Å². The lowest BCUT2D eigenvalue weighted by Crippen LogP contribution is -2.44. The molecule has 2 unspecified atom stereocenters. The van der Waals surface area contributed by atoms with Gasteiger partial charge in [-0.15, -0.1) is 0 Å². The van der Waals surface area contributed by atoms with E-state index in [-0.39, 0.29) is 18.6 Å². The molecule has 2 amide bonds. The number of hydrogen-bond acceptors (Lipinski definition) is 3. The van der Waals surface area contributed by atoms with Crippen LogP contribution in [0.15, 0.2) is 12.4 Å². The molecule has 0 radical (unpaired) electrons. The minimum absolute atomic E-state index is 0.183. The highest BCUT2D eigenvalue weighted by molar-refractivity contribution is 5.76. The van der Waals surface area contributed by atoms with Crippen LogP contribution in [-0.2, 0) is 4.79 Å². The summed E-state index contributed by atoms with van der Waals surface area (Å²) in [6.45, 7) is 5.84. The molecule has 1 aromatic heterocycles. The Labute approximate surface area is 112 Å². The molecule has 106 valence electrons. The van der Waals surface area contributed by atoms with Gasteiger partial charge in [0.2, 0.25) is 0 Å². The lowest BCUT2D eigenvalue weighted by Gasteiger charge is -2.24. The molecule has 19 heavy (non-hydrogen) atoms. The van der Waals surface area contributed by atoms with E-state index in [0.717, 1.165) is 0 Å². The number of hydrogen-bond donors (Lipinski definition) is 3. The SMILES string of the molecule is CCN(CC(C)C(=O)O)C(=O)NC(C)c1ncc[nH]1. The highest BCUT2D eigenvalue weighted by Crippen LogP contribution is 2.07. The van der Waals surface area contributed by atoms with E-state index in [9.17, 15) is 9.59 Å². The van der Waals surface area contributed by atoms with E-state index in [1.807, 2.05) is 13.8 Å². The van der Waals surface area contributed by atoms with E-state index in [0.29, 0.717) is 12.4 Å². The summed E-state index contributed by atoms with van der Waals surface area (Å²) in [5, 5.41) is 11.6. The molecule has 0 saturated heterocycles. The first-order valence-electron chi connectivity index (χ1n) is 6.23. The summed E-state index contributed by atoms with van der Waals surface area (Å²) in [5.74, 6) is -0.842. The molecule has 0 bridgehead atoms. The standard InChI is InChI=1S/C12H20N4O3/c1-4-16(7-8(2)11(17)18)12(19)15-9(3)10-13-5-6-14-10/h5-6,8-9H,4,7H2,1-3H3,(H,13,14)(H,15,19)(H,17,18). The van der Waals surface area contributed by atoms with Gasteiger partial charge in [-0.05, 0) is 13.8 Å². The number of carboxylic acid groups (broad SMARTS) is 1. The molecule has 3 N–H and O–H groups in total. The van der Waals surface area contributed by atoms with E-state index in [4.69, 9.17) is 5.11 Å². The Morgan fingerprint density at radius 1 is 1.53 bits per heavy atom. The minimum atomic E-state index is -0.912. The van der Waals surface area contributed by atoms with Crippen molar-refractivity contribution in [2.24, 2.45) is 5.92 Å². The molecule has 1 rings (SSSR count). The molecule has 0 aliphatic rings. The molecule has 1 heterocycles.